The predicted molar refractivity (Wildman–Crippen MR) is 151 cm³/mol. The van der Waals surface area contributed by atoms with Gasteiger partial charge in [0, 0.05) is 34.3 Å². The third kappa shape index (κ3) is 5.63. The fraction of sp³-hybridized carbons (Fsp3) is 0.290. The van der Waals surface area contributed by atoms with Crippen LogP contribution < -0.4 is 15.8 Å². The monoisotopic (exact) mass is 513 g/mol. The molecule has 3 aromatic carbocycles. The first kappa shape index (κ1) is 25.2. The molecule has 4 aromatic rings. The first-order valence-corrected chi connectivity index (χ1v) is 13.2. The summed E-state index contributed by atoms with van der Waals surface area (Å²) in [5, 5.41) is 5.11. The molecule has 1 atom stereocenters. The normalized spacial score (nSPS) is 15.6. The predicted octanol–water partition coefficient (Wildman–Crippen LogP) is 6.85. The van der Waals surface area contributed by atoms with Gasteiger partial charge >= 0.3 is 0 Å². The Labute approximate surface area is 223 Å². The van der Waals surface area contributed by atoms with Gasteiger partial charge in [0.15, 0.2) is 0 Å². The summed E-state index contributed by atoms with van der Waals surface area (Å²) < 4.78 is 6.58. The van der Waals surface area contributed by atoms with Crippen LogP contribution in [-0.2, 0) is 0 Å². The quantitative estimate of drug-likeness (QED) is 0.283. The SMILES string of the molecule is Cc1cc(C)cc(-c2cnc3cc(Cl)c(-c4ccc(C(N)=O)cc4)cc3c2OCC[C@H]2CCCCN2)c1. The van der Waals surface area contributed by atoms with Gasteiger partial charge in [0.1, 0.15) is 5.75 Å². The molecule has 0 unspecified atom stereocenters. The number of pyridine rings is 1. The van der Waals surface area contributed by atoms with Crippen LogP contribution in [-0.4, -0.2) is 30.1 Å². The number of nitrogens with two attached hydrogens (primary N) is 1. The first-order chi connectivity index (χ1) is 17.9. The molecule has 3 N–H and O–H groups in total. The van der Waals surface area contributed by atoms with Gasteiger partial charge in [-0.25, -0.2) is 0 Å². The van der Waals surface area contributed by atoms with E-state index in [0.29, 0.717) is 23.2 Å². The average Bonchev–Trinajstić information content (AvgIpc) is 2.88. The lowest BCUT2D eigenvalue weighted by molar-refractivity contribution is 0.100. The minimum Gasteiger partial charge on any atom is -0.492 e. The van der Waals surface area contributed by atoms with Crippen molar-refractivity contribution in [1.82, 2.24) is 10.3 Å². The van der Waals surface area contributed by atoms with E-state index in [1.807, 2.05) is 30.5 Å². The highest BCUT2D eigenvalue weighted by atomic mass is 35.5. The number of carbonyl (C=O) groups is 1. The fourth-order valence-electron chi connectivity index (χ4n) is 5.19. The molecule has 2 heterocycles. The minimum absolute atomic E-state index is 0.457. The molecule has 0 spiro atoms. The van der Waals surface area contributed by atoms with E-state index in [2.05, 4.69) is 37.4 Å². The molecule has 5 nitrogen and oxygen atoms in total. The number of nitrogens with zero attached hydrogens (tertiary/aromatic N) is 1. The fourth-order valence-corrected chi connectivity index (χ4v) is 5.46. The molecule has 1 fully saturated rings. The number of carbonyl (C=O) groups excluding carboxylic acids is 1. The lowest BCUT2D eigenvalue weighted by Gasteiger charge is -2.24. The van der Waals surface area contributed by atoms with Gasteiger partial charge in [-0.05, 0) is 75.0 Å². The Hall–Kier alpha value is -3.41. The smallest absolute Gasteiger partial charge is 0.248 e. The lowest BCUT2D eigenvalue weighted by atomic mass is 9.97. The number of aryl methyl sites for hydroxylation is 2. The molecule has 1 aliphatic rings. The summed E-state index contributed by atoms with van der Waals surface area (Å²) in [7, 11) is 0. The molecule has 6 heteroatoms. The van der Waals surface area contributed by atoms with Gasteiger partial charge in [0.2, 0.25) is 5.91 Å². The standard InChI is InChI=1S/C31H32ClN3O2/c1-19-13-20(2)15-23(14-19)27-18-35-29-17-28(32)25(21-6-8-22(9-7-21)31(33)36)16-26(29)30(27)37-12-10-24-5-3-4-11-34-24/h6-9,13-18,24,34H,3-5,10-12H2,1-2H3,(H2,33,36)/t24-/m1/s1. The van der Waals surface area contributed by atoms with Gasteiger partial charge in [-0.2, -0.15) is 0 Å². The van der Waals surface area contributed by atoms with Gasteiger partial charge in [0.05, 0.1) is 17.1 Å². The molecule has 0 saturated carbocycles. The molecule has 1 amide bonds. The van der Waals surface area contributed by atoms with E-state index in [-0.39, 0.29) is 0 Å². The summed E-state index contributed by atoms with van der Waals surface area (Å²) in [5.74, 6) is 0.360. The van der Waals surface area contributed by atoms with Crippen LogP contribution in [0.15, 0.2) is 60.8 Å². The van der Waals surface area contributed by atoms with E-state index in [1.54, 1.807) is 12.1 Å². The van der Waals surface area contributed by atoms with Crippen LogP contribution in [0.2, 0.25) is 5.02 Å². The molecule has 1 saturated heterocycles. The van der Waals surface area contributed by atoms with Crippen molar-refractivity contribution >= 4 is 28.4 Å². The maximum Gasteiger partial charge on any atom is 0.248 e. The zero-order chi connectivity index (χ0) is 25.9. The van der Waals surface area contributed by atoms with Crippen LogP contribution in [0.5, 0.6) is 5.75 Å². The second-order valence-electron chi connectivity index (χ2n) is 9.95. The number of fused-ring (bicyclic) bond motifs is 1. The zero-order valence-corrected chi connectivity index (χ0v) is 22.1. The summed E-state index contributed by atoms with van der Waals surface area (Å²) in [4.78, 5) is 16.3. The van der Waals surface area contributed by atoms with E-state index >= 15 is 0 Å². The van der Waals surface area contributed by atoms with Crippen molar-refractivity contribution in [2.75, 3.05) is 13.2 Å². The summed E-state index contributed by atoms with van der Waals surface area (Å²) in [6.07, 6.45) is 6.53. The van der Waals surface area contributed by atoms with Gasteiger partial charge in [-0.3, -0.25) is 9.78 Å². The van der Waals surface area contributed by atoms with Crippen molar-refractivity contribution in [1.29, 1.82) is 0 Å². The van der Waals surface area contributed by atoms with Gasteiger partial charge in [-0.1, -0.05) is 59.5 Å². The minimum atomic E-state index is -0.457. The number of hydrogen-bond donors (Lipinski definition) is 2. The largest absolute Gasteiger partial charge is 0.492 e. The summed E-state index contributed by atoms with van der Waals surface area (Å²) >= 11 is 6.72. The van der Waals surface area contributed by atoms with Crippen molar-refractivity contribution in [3.63, 3.8) is 0 Å². The molecule has 1 aliphatic heterocycles. The Morgan fingerprint density at radius 1 is 1.03 bits per heavy atom. The number of aromatic nitrogens is 1. The Morgan fingerprint density at radius 3 is 2.46 bits per heavy atom. The van der Waals surface area contributed by atoms with Crippen molar-refractivity contribution in [3.8, 4) is 28.0 Å². The molecule has 0 radical (unpaired) electrons. The van der Waals surface area contributed by atoms with Crippen molar-refractivity contribution in [2.24, 2.45) is 5.73 Å². The zero-order valence-electron chi connectivity index (χ0n) is 21.3. The van der Waals surface area contributed by atoms with E-state index in [9.17, 15) is 4.79 Å². The second-order valence-corrected chi connectivity index (χ2v) is 10.4. The van der Waals surface area contributed by atoms with E-state index in [1.165, 1.54) is 30.4 Å². The van der Waals surface area contributed by atoms with Crippen LogP contribution in [0.3, 0.4) is 0 Å². The highest BCUT2D eigenvalue weighted by molar-refractivity contribution is 6.34. The molecular weight excluding hydrogens is 482 g/mol. The van der Waals surface area contributed by atoms with Crippen LogP contribution >= 0.6 is 11.6 Å². The summed E-state index contributed by atoms with van der Waals surface area (Å²) in [6.45, 7) is 5.90. The van der Waals surface area contributed by atoms with E-state index in [0.717, 1.165) is 51.9 Å². The lowest BCUT2D eigenvalue weighted by Crippen LogP contribution is -2.35. The van der Waals surface area contributed by atoms with Gasteiger partial charge in [0.25, 0.3) is 0 Å². The number of amides is 1. The van der Waals surface area contributed by atoms with Crippen molar-refractivity contribution in [2.45, 2.75) is 45.6 Å². The highest BCUT2D eigenvalue weighted by Crippen LogP contribution is 2.41. The van der Waals surface area contributed by atoms with E-state index < -0.39 is 5.91 Å². The third-order valence-corrected chi connectivity index (χ3v) is 7.36. The van der Waals surface area contributed by atoms with Gasteiger partial charge in [-0.15, -0.1) is 0 Å². The van der Waals surface area contributed by atoms with E-state index in [4.69, 9.17) is 27.1 Å². The Balaban J connectivity index is 1.60. The summed E-state index contributed by atoms with van der Waals surface area (Å²) in [5.41, 5.74) is 12.8. The van der Waals surface area contributed by atoms with Crippen molar-refractivity contribution in [3.05, 3.63) is 82.5 Å². The number of benzene rings is 3. The molecule has 0 bridgehead atoms. The van der Waals surface area contributed by atoms with Crippen LogP contribution in [0.25, 0.3) is 33.2 Å². The number of nitrogens with one attached hydrogen (secondary N) is 1. The number of piperidine rings is 1. The van der Waals surface area contributed by atoms with Crippen LogP contribution in [0.4, 0.5) is 0 Å². The summed E-state index contributed by atoms with van der Waals surface area (Å²) in [6, 6.07) is 18.1. The maximum atomic E-state index is 11.5. The Morgan fingerprint density at radius 2 is 1.78 bits per heavy atom. The average molecular weight is 514 g/mol. The van der Waals surface area contributed by atoms with Gasteiger partial charge < -0.3 is 15.8 Å². The number of primary amides is 1. The molecule has 5 rings (SSSR count). The number of halogens is 1. The molecule has 190 valence electrons. The second kappa shape index (κ2) is 10.9. The van der Waals surface area contributed by atoms with Crippen molar-refractivity contribution < 1.29 is 9.53 Å². The molecule has 0 aliphatic carbocycles. The molecular formula is C31H32ClN3O2. The molecule has 37 heavy (non-hydrogen) atoms. The maximum absolute atomic E-state index is 11.5. The Bertz CT molecular complexity index is 1420. The first-order valence-electron chi connectivity index (χ1n) is 12.9. The number of ether oxygens (including phenoxy) is 1. The van der Waals surface area contributed by atoms with Crippen LogP contribution in [0, 0.1) is 13.8 Å². The number of rotatable bonds is 7. The number of hydrogen-bond acceptors (Lipinski definition) is 4. The highest BCUT2D eigenvalue weighted by Gasteiger charge is 2.18. The molecule has 1 aromatic heterocycles. The topological polar surface area (TPSA) is 77.2 Å². The Kier molecular flexibility index (Phi) is 7.45. The third-order valence-electron chi connectivity index (χ3n) is 7.05. The van der Waals surface area contributed by atoms with Crippen LogP contribution in [0.1, 0.15) is 47.2 Å².